The number of sulfonamides is 1. The lowest BCUT2D eigenvalue weighted by atomic mass is 9.87. The summed E-state index contributed by atoms with van der Waals surface area (Å²) in [7, 11) is -3.64. The van der Waals surface area contributed by atoms with Gasteiger partial charge in [0.2, 0.25) is 15.9 Å². The number of fused-ring (bicyclic) bond motifs is 1. The van der Waals surface area contributed by atoms with E-state index in [4.69, 9.17) is 0 Å². The van der Waals surface area contributed by atoms with E-state index in [1.165, 1.54) is 0 Å². The summed E-state index contributed by atoms with van der Waals surface area (Å²) in [6.07, 6.45) is 5.94. The molecule has 1 aromatic carbocycles. The van der Waals surface area contributed by atoms with E-state index in [-0.39, 0.29) is 23.3 Å². The fraction of sp³-hybridized carbons (Fsp3) is 0.542. The van der Waals surface area contributed by atoms with Gasteiger partial charge in [-0.15, -0.1) is 11.3 Å². The molecule has 2 heterocycles. The van der Waals surface area contributed by atoms with Crippen molar-refractivity contribution >= 4 is 33.0 Å². The molecule has 0 atom stereocenters. The molecule has 5 rings (SSSR count). The van der Waals surface area contributed by atoms with Crippen molar-refractivity contribution in [3.8, 4) is 0 Å². The Morgan fingerprint density at radius 2 is 1.90 bits per heavy atom. The normalized spacial score (nSPS) is 21.1. The molecule has 166 valence electrons. The van der Waals surface area contributed by atoms with E-state index >= 15 is 0 Å². The van der Waals surface area contributed by atoms with E-state index in [0.29, 0.717) is 18.0 Å². The first-order valence-corrected chi connectivity index (χ1v) is 13.6. The Labute approximate surface area is 189 Å². The highest BCUT2D eigenvalue weighted by atomic mass is 32.2. The number of benzene rings is 1. The van der Waals surface area contributed by atoms with Gasteiger partial charge in [0.15, 0.2) is 0 Å². The van der Waals surface area contributed by atoms with Crippen LogP contribution in [0.25, 0.3) is 0 Å². The average Bonchev–Trinajstić information content (AvgIpc) is 3.13. The molecule has 2 aromatic rings. The van der Waals surface area contributed by atoms with Crippen LogP contribution in [0, 0.1) is 5.92 Å². The molecule has 0 N–H and O–H groups in total. The maximum absolute atomic E-state index is 13.8. The second-order valence-electron chi connectivity index (χ2n) is 9.83. The number of amides is 1. The lowest BCUT2D eigenvalue weighted by molar-refractivity contribution is -0.119. The zero-order valence-corrected chi connectivity index (χ0v) is 19.8. The highest BCUT2D eigenvalue weighted by Gasteiger charge is 2.43. The molecule has 2 aliphatic carbocycles. The molecular weight excluding hydrogens is 428 g/mol. The van der Waals surface area contributed by atoms with Crippen LogP contribution >= 0.6 is 11.3 Å². The molecule has 2 fully saturated rings. The van der Waals surface area contributed by atoms with Crippen molar-refractivity contribution in [1.82, 2.24) is 4.31 Å². The third-order valence-electron chi connectivity index (χ3n) is 6.96. The van der Waals surface area contributed by atoms with Crippen LogP contribution in [0.1, 0.15) is 62.8 Å². The first-order valence-electron chi connectivity index (χ1n) is 11.3. The van der Waals surface area contributed by atoms with Crippen LogP contribution < -0.4 is 4.90 Å². The summed E-state index contributed by atoms with van der Waals surface area (Å²) in [5, 5.41) is 2.00. The fourth-order valence-corrected chi connectivity index (χ4v) is 7.53. The maximum Gasteiger partial charge on any atom is 0.243 e. The molecule has 0 bridgehead atoms. The molecule has 0 unspecified atom stereocenters. The fourth-order valence-electron chi connectivity index (χ4n) is 5.06. The summed E-state index contributed by atoms with van der Waals surface area (Å²) in [5.41, 5.74) is 1.58. The predicted molar refractivity (Wildman–Crippen MR) is 124 cm³/mol. The number of hydrogen-bond donors (Lipinski definition) is 0. The van der Waals surface area contributed by atoms with Crippen LogP contribution in [0.4, 0.5) is 5.69 Å². The molecule has 0 radical (unpaired) electrons. The van der Waals surface area contributed by atoms with Gasteiger partial charge < -0.3 is 4.90 Å². The number of rotatable bonds is 6. The Bertz CT molecular complexity index is 1080. The largest absolute Gasteiger partial charge is 0.311 e. The first kappa shape index (κ1) is 21.2. The molecule has 7 heteroatoms. The molecular formula is C24H30N2O3S2. The number of thiophene rings is 1. The monoisotopic (exact) mass is 458 g/mol. The lowest BCUT2D eigenvalue weighted by Gasteiger charge is -2.28. The summed E-state index contributed by atoms with van der Waals surface area (Å²) in [5.74, 6) is 0.335. The van der Waals surface area contributed by atoms with Gasteiger partial charge in [0.25, 0.3) is 0 Å². The van der Waals surface area contributed by atoms with Crippen LogP contribution in [-0.4, -0.2) is 31.2 Å². The quantitative estimate of drug-likeness (QED) is 0.618. The van der Waals surface area contributed by atoms with Crippen molar-refractivity contribution in [2.24, 2.45) is 5.92 Å². The van der Waals surface area contributed by atoms with Gasteiger partial charge in [-0.3, -0.25) is 4.79 Å². The summed E-state index contributed by atoms with van der Waals surface area (Å²) in [4.78, 5) is 16.1. The number of carbonyl (C=O) groups is 1. The number of hydrogen-bond acceptors (Lipinski definition) is 4. The van der Waals surface area contributed by atoms with Crippen LogP contribution in [0.5, 0.6) is 0 Å². The van der Waals surface area contributed by atoms with Crippen LogP contribution in [0.2, 0.25) is 0 Å². The van der Waals surface area contributed by atoms with E-state index in [2.05, 4.69) is 13.8 Å². The molecule has 0 spiro atoms. The minimum atomic E-state index is -3.64. The molecule has 31 heavy (non-hydrogen) atoms. The van der Waals surface area contributed by atoms with Gasteiger partial charge in [0.1, 0.15) is 0 Å². The second-order valence-corrected chi connectivity index (χ2v) is 12.8. The highest BCUT2D eigenvalue weighted by Crippen LogP contribution is 2.45. The van der Waals surface area contributed by atoms with Gasteiger partial charge in [-0.05, 0) is 60.9 Å². The smallest absolute Gasteiger partial charge is 0.243 e. The Morgan fingerprint density at radius 3 is 2.55 bits per heavy atom. The number of carbonyl (C=O) groups excluding carboxylic acids is 1. The summed E-state index contributed by atoms with van der Waals surface area (Å²) in [6.45, 7) is 5.24. The maximum atomic E-state index is 13.8. The van der Waals surface area contributed by atoms with Gasteiger partial charge in [-0.1, -0.05) is 32.8 Å². The molecule has 2 saturated carbocycles. The SMILES string of the molecule is CC1(C)CN(C(=O)C2CC2)c2ccc(S(=O)(=O)N(Cc3cccs3)C3CCCC3)cc21. The van der Waals surface area contributed by atoms with Crippen LogP contribution in [0.3, 0.4) is 0 Å². The van der Waals surface area contributed by atoms with E-state index in [0.717, 1.165) is 54.7 Å². The van der Waals surface area contributed by atoms with Crippen molar-refractivity contribution in [3.05, 3.63) is 46.2 Å². The van der Waals surface area contributed by atoms with Gasteiger partial charge in [-0.25, -0.2) is 8.42 Å². The van der Waals surface area contributed by atoms with Gasteiger partial charge in [-0.2, -0.15) is 4.31 Å². The van der Waals surface area contributed by atoms with Gasteiger partial charge >= 0.3 is 0 Å². The zero-order valence-electron chi connectivity index (χ0n) is 18.2. The van der Waals surface area contributed by atoms with Crippen molar-refractivity contribution in [3.63, 3.8) is 0 Å². The van der Waals surface area contributed by atoms with Crippen molar-refractivity contribution in [1.29, 1.82) is 0 Å². The summed E-state index contributed by atoms with van der Waals surface area (Å²) in [6, 6.07) is 9.44. The summed E-state index contributed by atoms with van der Waals surface area (Å²) >= 11 is 1.60. The Kier molecular flexibility index (Phi) is 5.26. The number of nitrogens with zero attached hydrogens (tertiary/aromatic N) is 2. The third kappa shape index (κ3) is 3.85. The Hall–Kier alpha value is -1.70. The van der Waals surface area contributed by atoms with Crippen molar-refractivity contribution in [2.75, 3.05) is 11.4 Å². The van der Waals surface area contributed by atoms with E-state index in [1.807, 2.05) is 34.5 Å². The van der Waals surface area contributed by atoms with E-state index in [1.54, 1.807) is 21.7 Å². The molecule has 3 aliphatic rings. The Balaban J connectivity index is 1.51. The minimum Gasteiger partial charge on any atom is -0.311 e. The van der Waals surface area contributed by atoms with E-state index in [9.17, 15) is 13.2 Å². The third-order valence-corrected chi connectivity index (χ3v) is 9.72. The van der Waals surface area contributed by atoms with Crippen LogP contribution in [0.15, 0.2) is 40.6 Å². The molecule has 1 aliphatic heterocycles. The molecule has 1 aromatic heterocycles. The summed E-state index contributed by atoms with van der Waals surface area (Å²) < 4.78 is 29.4. The van der Waals surface area contributed by atoms with Crippen molar-refractivity contribution < 1.29 is 13.2 Å². The second kappa shape index (κ2) is 7.71. The molecule has 1 amide bonds. The standard InChI is InChI=1S/C24H30N2O3S2/c1-24(2)16-25(23(27)17-9-10-17)22-12-11-20(14-21(22)24)31(28,29)26(18-6-3-4-7-18)15-19-8-5-13-30-19/h5,8,11-14,17-18H,3-4,6-7,9-10,15-16H2,1-2H3. The van der Waals surface area contributed by atoms with Gasteiger partial charge in [0.05, 0.1) is 4.90 Å². The average molecular weight is 459 g/mol. The predicted octanol–water partition coefficient (Wildman–Crippen LogP) is 4.92. The minimum absolute atomic E-state index is 0.0568. The topological polar surface area (TPSA) is 57.7 Å². The van der Waals surface area contributed by atoms with Crippen molar-refractivity contribution in [2.45, 2.75) is 75.3 Å². The Morgan fingerprint density at radius 1 is 1.16 bits per heavy atom. The molecule has 5 nitrogen and oxygen atoms in total. The first-order chi connectivity index (χ1) is 14.8. The van der Waals surface area contributed by atoms with E-state index < -0.39 is 10.0 Å². The molecule has 0 saturated heterocycles. The zero-order chi connectivity index (χ0) is 21.8. The van der Waals surface area contributed by atoms with Crippen LogP contribution in [-0.2, 0) is 26.8 Å². The highest BCUT2D eigenvalue weighted by molar-refractivity contribution is 7.89. The van der Waals surface area contributed by atoms with Gasteiger partial charge in [0, 0.05) is 41.0 Å². The lowest BCUT2D eigenvalue weighted by Crippen LogP contribution is -2.38. The number of anilines is 1.